The van der Waals surface area contributed by atoms with Crippen molar-refractivity contribution < 1.29 is 9.47 Å². The van der Waals surface area contributed by atoms with Crippen molar-refractivity contribution in [3.8, 4) is 11.5 Å². The Kier molecular flexibility index (Phi) is 3.85. The summed E-state index contributed by atoms with van der Waals surface area (Å²) in [6.07, 6.45) is 0. The molecule has 0 bridgehead atoms. The Bertz CT molecular complexity index is 511. The lowest BCUT2D eigenvalue weighted by molar-refractivity contribution is 0.354. The number of rotatable bonds is 4. The minimum Gasteiger partial charge on any atom is -0.493 e. The maximum atomic E-state index is 6.24. The van der Waals surface area contributed by atoms with Gasteiger partial charge in [0.25, 0.3) is 0 Å². The fourth-order valence-electron chi connectivity index (χ4n) is 1.90. The molecule has 0 aliphatic carbocycles. The number of benzene rings is 2. The third-order valence-corrected chi connectivity index (χ3v) is 2.93. The molecule has 0 heterocycles. The zero-order chi connectivity index (χ0) is 13.0. The van der Waals surface area contributed by atoms with E-state index in [2.05, 4.69) is 0 Å². The molecule has 2 rings (SSSR count). The van der Waals surface area contributed by atoms with Crippen LogP contribution in [-0.4, -0.2) is 14.2 Å². The lowest BCUT2D eigenvalue weighted by Crippen LogP contribution is -2.11. The van der Waals surface area contributed by atoms with E-state index in [9.17, 15) is 0 Å². The Labute approximate surface area is 107 Å². The first-order valence-corrected chi connectivity index (χ1v) is 5.78. The molecule has 2 aromatic rings. The van der Waals surface area contributed by atoms with Gasteiger partial charge in [-0.1, -0.05) is 36.4 Å². The highest BCUT2D eigenvalue weighted by atomic mass is 16.5. The third-order valence-electron chi connectivity index (χ3n) is 2.93. The second-order valence-corrected chi connectivity index (χ2v) is 4.00. The summed E-state index contributed by atoms with van der Waals surface area (Å²) in [6.45, 7) is 0. The van der Waals surface area contributed by atoms with Gasteiger partial charge in [-0.2, -0.15) is 0 Å². The Morgan fingerprint density at radius 1 is 0.833 bits per heavy atom. The Hall–Kier alpha value is -2.00. The zero-order valence-corrected chi connectivity index (χ0v) is 10.6. The van der Waals surface area contributed by atoms with E-state index in [0.717, 1.165) is 11.1 Å². The van der Waals surface area contributed by atoms with E-state index in [1.165, 1.54) is 0 Å². The second kappa shape index (κ2) is 5.56. The average molecular weight is 243 g/mol. The maximum Gasteiger partial charge on any atom is 0.161 e. The summed E-state index contributed by atoms with van der Waals surface area (Å²) >= 11 is 0. The quantitative estimate of drug-likeness (QED) is 0.898. The predicted octanol–water partition coefficient (Wildman–Crippen LogP) is 2.75. The van der Waals surface area contributed by atoms with Crippen molar-refractivity contribution in [2.24, 2.45) is 5.73 Å². The molecule has 18 heavy (non-hydrogen) atoms. The summed E-state index contributed by atoms with van der Waals surface area (Å²) in [6, 6.07) is 15.6. The van der Waals surface area contributed by atoms with E-state index in [-0.39, 0.29) is 6.04 Å². The lowest BCUT2D eigenvalue weighted by Gasteiger charge is -2.15. The molecule has 0 spiro atoms. The Balaban J connectivity index is 2.34. The molecule has 0 aliphatic heterocycles. The van der Waals surface area contributed by atoms with E-state index in [0.29, 0.717) is 11.5 Å². The number of hydrogen-bond acceptors (Lipinski definition) is 3. The monoisotopic (exact) mass is 243 g/mol. The van der Waals surface area contributed by atoms with Crippen molar-refractivity contribution >= 4 is 0 Å². The summed E-state index contributed by atoms with van der Waals surface area (Å²) in [7, 11) is 3.24. The summed E-state index contributed by atoms with van der Waals surface area (Å²) in [5.74, 6) is 1.41. The van der Waals surface area contributed by atoms with Gasteiger partial charge in [0.15, 0.2) is 11.5 Å². The van der Waals surface area contributed by atoms with Crippen LogP contribution < -0.4 is 15.2 Å². The molecule has 2 aromatic carbocycles. The molecule has 3 nitrogen and oxygen atoms in total. The first-order chi connectivity index (χ1) is 8.76. The van der Waals surface area contributed by atoms with Crippen molar-refractivity contribution in [1.29, 1.82) is 0 Å². The number of methoxy groups -OCH3 is 2. The molecule has 0 saturated carbocycles. The van der Waals surface area contributed by atoms with Gasteiger partial charge in [0, 0.05) is 0 Å². The van der Waals surface area contributed by atoms with Gasteiger partial charge in [-0.15, -0.1) is 0 Å². The Morgan fingerprint density at radius 2 is 1.50 bits per heavy atom. The van der Waals surface area contributed by atoms with E-state index in [1.54, 1.807) is 14.2 Å². The van der Waals surface area contributed by atoms with Crippen molar-refractivity contribution in [2.45, 2.75) is 6.04 Å². The van der Waals surface area contributed by atoms with E-state index in [4.69, 9.17) is 15.2 Å². The molecule has 94 valence electrons. The molecular formula is C15H17NO2. The van der Waals surface area contributed by atoms with Crippen LogP contribution in [-0.2, 0) is 0 Å². The smallest absolute Gasteiger partial charge is 0.161 e. The fraction of sp³-hybridized carbons (Fsp3) is 0.200. The van der Waals surface area contributed by atoms with Gasteiger partial charge in [0.1, 0.15) is 0 Å². The Morgan fingerprint density at radius 3 is 2.11 bits per heavy atom. The van der Waals surface area contributed by atoms with Crippen LogP contribution in [0.25, 0.3) is 0 Å². The molecule has 0 aliphatic rings. The van der Waals surface area contributed by atoms with Gasteiger partial charge < -0.3 is 15.2 Å². The highest BCUT2D eigenvalue weighted by Crippen LogP contribution is 2.31. The lowest BCUT2D eigenvalue weighted by atomic mass is 9.99. The molecule has 0 amide bonds. The van der Waals surface area contributed by atoms with Crippen LogP contribution in [0.3, 0.4) is 0 Å². The van der Waals surface area contributed by atoms with Crippen molar-refractivity contribution in [3.63, 3.8) is 0 Å². The summed E-state index contributed by atoms with van der Waals surface area (Å²) < 4.78 is 10.5. The van der Waals surface area contributed by atoms with Crippen LogP contribution in [0.2, 0.25) is 0 Å². The standard InChI is InChI=1S/C15H17NO2/c1-17-13-9-8-12(10-14(13)18-2)15(16)11-6-4-3-5-7-11/h3-10,15H,16H2,1-2H3. The second-order valence-electron chi connectivity index (χ2n) is 4.00. The van der Waals surface area contributed by atoms with E-state index in [1.807, 2.05) is 48.5 Å². The van der Waals surface area contributed by atoms with Gasteiger partial charge in [-0.05, 0) is 23.3 Å². The molecule has 0 aromatic heterocycles. The SMILES string of the molecule is COc1ccc(C(N)c2ccccc2)cc1OC. The summed E-state index contributed by atoms with van der Waals surface area (Å²) in [5.41, 5.74) is 8.31. The van der Waals surface area contributed by atoms with E-state index >= 15 is 0 Å². The summed E-state index contributed by atoms with van der Waals surface area (Å²) in [5, 5.41) is 0. The van der Waals surface area contributed by atoms with Crippen LogP contribution in [0, 0.1) is 0 Å². The molecule has 0 saturated heterocycles. The van der Waals surface area contributed by atoms with Gasteiger partial charge in [0.2, 0.25) is 0 Å². The predicted molar refractivity (Wildman–Crippen MR) is 72.0 cm³/mol. The molecule has 1 atom stereocenters. The van der Waals surface area contributed by atoms with Gasteiger partial charge in [0.05, 0.1) is 20.3 Å². The minimum absolute atomic E-state index is 0.161. The largest absolute Gasteiger partial charge is 0.493 e. The molecular weight excluding hydrogens is 226 g/mol. The first-order valence-electron chi connectivity index (χ1n) is 5.78. The van der Waals surface area contributed by atoms with Crippen LogP contribution >= 0.6 is 0 Å². The van der Waals surface area contributed by atoms with Gasteiger partial charge >= 0.3 is 0 Å². The third kappa shape index (κ3) is 2.46. The average Bonchev–Trinajstić information content (AvgIpc) is 2.46. The number of ether oxygens (including phenoxy) is 2. The number of hydrogen-bond donors (Lipinski definition) is 1. The maximum absolute atomic E-state index is 6.24. The normalized spacial score (nSPS) is 11.9. The van der Waals surface area contributed by atoms with Crippen molar-refractivity contribution in [2.75, 3.05) is 14.2 Å². The van der Waals surface area contributed by atoms with Crippen LogP contribution in [0.4, 0.5) is 0 Å². The highest BCUT2D eigenvalue weighted by molar-refractivity contribution is 5.45. The van der Waals surface area contributed by atoms with Crippen molar-refractivity contribution in [1.82, 2.24) is 0 Å². The minimum atomic E-state index is -0.161. The van der Waals surface area contributed by atoms with Crippen LogP contribution in [0.15, 0.2) is 48.5 Å². The fourth-order valence-corrected chi connectivity index (χ4v) is 1.90. The number of nitrogens with two attached hydrogens (primary N) is 1. The molecule has 3 heteroatoms. The molecule has 2 N–H and O–H groups in total. The zero-order valence-electron chi connectivity index (χ0n) is 10.6. The first kappa shape index (κ1) is 12.5. The van der Waals surface area contributed by atoms with E-state index < -0.39 is 0 Å². The van der Waals surface area contributed by atoms with Crippen LogP contribution in [0.1, 0.15) is 17.2 Å². The van der Waals surface area contributed by atoms with Gasteiger partial charge in [-0.25, -0.2) is 0 Å². The van der Waals surface area contributed by atoms with Crippen molar-refractivity contribution in [3.05, 3.63) is 59.7 Å². The molecule has 1 unspecified atom stereocenters. The molecule has 0 fully saturated rings. The van der Waals surface area contributed by atoms with Gasteiger partial charge in [-0.3, -0.25) is 0 Å². The molecule has 0 radical (unpaired) electrons. The van der Waals surface area contributed by atoms with Crippen LogP contribution in [0.5, 0.6) is 11.5 Å². The summed E-state index contributed by atoms with van der Waals surface area (Å²) in [4.78, 5) is 0. The topological polar surface area (TPSA) is 44.5 Å². The highest BCUT2D eigenvalue weighted by Gasteiger charge is 2.11.